The molecule has 1 heterocycles. The summed E-state index contributed by atoms with van der Waals surface area (Å²) >= 11 is 0. The highest BCUT2D eigenvalue weighted by molar-refractivity contribution is 5.72. The number of nitrogens with one attached hydrogen (secondary N) is 1. The van der Waals surface area contributed by atoms with Gasteiger partial charge in [0.15, 0.2) is 6.29 Å². The Morgan fingerprint density at radius 1 is 1.78 bits per heavy atom. The van der Waals surface area contributed by atoms with Gasteiger partial charge >= 0.3 is 0 Å². The average molecular weight is 125 g/mol. The van der Waals surface area contributed by atoms with E-state index in [4.69, 9.17) is 5.11 Å². The number of hydrogen-bond donors (Lipinski definition) is 2. The van der Waals surface area contributed by atoms with E-state index in [2.05, 4.69) is 4.98 Å². The molecule has 0 aliphatic rings. The van der Waals surface area contributed by atoms with E-state index in [1.165, 1.54) is 0 Å². The minimum atomic E-state index is -0.0235. The monoisotopic (exact) mass is 125 g/mol. The number of carbonyl (C=O) groups is 1. The van der Waals surface area contributed by atoms with E-state index in [-0.39, 0.29) is 6.61 Å². The fourth-order valence-corrected chi connectivity index (χ4v) is 0.618. The maximum Gasteiger partial charge on any atom is 0.166 e. The van der Waals surface area contributed by atoms with Gasteiger partial charge in [-0.1, -0.05) is 0 Å². The third kappa shape index (κ3) is 1.17. The van der Waals surface area contributed by atoms with Crippen molar-refractivity contribution in [1.82, 2.24) is 4.98 Å². The van der Waals surface area contributed by atoms with E-state index in [1.54, 1.807) is 12.3 Å². The van der Waals surface area contributed by atoms with E-state index in [1.807, 2.05) is 0 Å². The first kappa shape index (κ1) is 6.04. The van der Waals surface area contributed by atoms with Gasteiger partial charge in [0.05, 0.1) is 12.3 Å². The number of hydrogen-bond acceptors (Lipinski definition) is 2. The standard InChI is InChI=1S/C6H7NO2/c8-3-5-1-6(4-9)7-2-5/h1-2,4,7-8H,3H2. The lowest BCUT2D eigenvalue weighted by Crippen LogP contribution is -1.75. The summed E-state index contributed by atoms with van der Waals surface area (Å²) in [5.41, 5.74) is 1.23. The summed E-state index contributed by atoms with van der Waals surface area (Å²) in [6, 6.07) is 1.60. The summed E-state index contributed by atoms with van der Waals surface area (Å²) in [5, 5.41) is 8.51. The fourth-order valence-electron chi connectivity index (χ4n) is 0.618. The van der Waals surface area contributed by atoms with Crippen molar-refractivity contribution < 1.29 is 9.90 Å². The number of carbonyl (C=O) groups excluding carboxylic acids is 1. The fraction of sp³-hybridized carbons (Fsp3) is 0.167. The molecule has 0 amide bonds. The Morgan fingerprint density at radius 3 is 2.89 bits per heavy atom. The average Bonchev–Trinajstić information content (AvgIpc) is 2.34. The molecule has 0 saturated heterocycles. The molecule has 9 heavy (non-hydrogen) atoms. The molecule has 0 unspecified atom stereocenters. The molecular weight excluding hydrogens is 118 g/mol. The van der Waals surface area contributed by atoms with Crippen LogP contribution in [0.4, 0.5) is 0 Å². The molecule has 0 aromatic carbocycles. The SMILES string of the molecule is O=Cc1cc(CO)c[nH]1. The largest absolute Gasteiger partial charge is 0.392 e. The van der Waals surface area contributed by atoms with Gasteiger partial charge in [0.1, 0.15) is 0 Å². The molecule has 3 nitrogen and oxygen atoms in total. The van der Waals surface area contributed by atoms with Crippen molar-refractivity contribution in [2.75, 3.05) is 0 Å². The Hall–Kier alpha value is -1.09. The first-order valence-electron chi connectivity index (χ1n) is 2.60. The summed E-state index contributed by atoms with van der Waals surface area (Å²) < 4.78 is 0. The van der Waals surface area contributed by atoms with Gasteiger partial charge in [-0.25, -0.2) is 0 Å². The third-order valence-corrected chi connectivity index (χ3v) is 1.07. The Kier molecular flexibility index (Phi) is 1.65. The summed E-state index contributed by atoms with van der Waals surface area (Å²) in [7, 11) is 0. The molecule has 0 aliphatic carbocycles. The van der Waals surface area contributed by atoms with Crippen molar-refractivity contribution in [3.05, 3.63) is 23.5 Å². The first-order chi connectivity index (χ1) is 4.36. The minimum Gasteiger partial charge on any atom is -0.392 e. The Balaban J connectivity index is 2.86. The molecule has 0 atom stereocenters. The smallest absolute Gasteiger partial charge is 0.166 e. The second-order valence-corrected chi connectivity index (χ2v) is 1.74. The lowest BCUT2D eigenvalue weighted by molar-refractivity contribution is 0.111. The summed E-state index contributed by atoms with van der Waals surface area (Å²) in [6.45, 7) is -0.0235. The molecule has 0 aliphatic heterocycles. The van der Waals surface area contributed by atoms with Gasteiger partial charge in [-0.2, -0.15) is 0 Å². The zero-order valence-corrected chi connectivity index (χ0v) is 4.79. The lowest BCUT2D eigenvalue weighted by atomic mass is 10.3. The maximum atomic E-state index is 10.0. The van der Waals surface area contributed by atoms with Gasteiger partial charge in [-0.3, -0.25) is 4.79 Å². The van der Waals surface area contributed by atoms with Gasteiger partial charge in [0, 0.05) is 6.20 Å². The highest BCUT2D eigenvalue weighted by Gasteiger charge is 1.93. The van der Waals surface area contributed by atoms with Crippen LogP contribution < -0.4 is 0 Å². The molecule has 0 spiro atoms. The second-order valence-electron chi connectivity index (χ2n) is 1.74. The second kappa shape index (κ2) is 2.46. The van der Waals surface area contributed by atoms with Crippen LogP contribution in [0.25, 0.3) is 0 Å². The van der Waals surface area contributed by atoms with E-state index in [0.717, 1.165) is 5.56 Å². The van der Waals surface area contributed by atoms with Gasteiger partial charge in [0.2, 0.25) is 0 Å². The molecular formula is C6H7NO2. The Labute approximate surface area is 52.3 Å². The molecule has 1 aromatic rings. The molecule has 0 bridgehead atoms. The van der Waals surface area contributed by atoms with Crippen molar-refractivity contribution in [1.29, 1.82) is 0 Å². The van der Waals surface area contributed by atoms with Crippen LogP contribution in [0.3, 0.4) is 0 Å². The van der Waals surface area contributed by atoms with E-state index < -0.39 is 0 Å². The topological polar surface area (TPSA) is 53.1 Å². The summed E-state index contributed by atoms with van der Waals surface area (Å²) in [5.74, 6) is 0. The number of aromatic nitrogens is 1. The van der Waals surface area contributed by atoms with Crippen LogP contribution in [-0.2, 0) is 6.61 Å². The van der Waals surface area contributed by atoms with Crippen molar-refractivity contribution >= 4 is 6.29 Å². The molecule has 1 rings (SSSR count). The quantitative estimate of drug-likeness (QED) is 0.559. The number of aliphatic hydroxyl groups excluding tert-OH is 1. The van der Waals surface area contributed by atoms with Crippen LogP contribution in [0.1, 0.15) is 16.1 Å². The molecule has 48 valence electrons. The van der Waals surface area contributed by atoms with Crippen molar-refractivity contribution in [3.8, 4) is 0 Å². The van der Waals surface area contributed by atoms with Crippen molar-refractivity contribution in [2.45, 2.75) is 6.61 Å². The number of rotatable bonds is 2. The van der Waals surface area contributed by atoms with Crippen molar-refractivity contribution in [3.63, 3.8) is 0 Å². The van der Waals surface area contributed by atoms with Gasteiger partial charge in [-0.15, -0.1) is 0 Å². The van der Waals surface area contributed by atoms with Crippen molar-refractivity contribution in [2.24, 2.45) is 0 Å². The van der Waals surface area contributed by atoms with Crippen LogP contribution in [0.2, 0.25) is 0 Å². The summed E-state index contributed by atoms with van der Waals surface area (Å²) in [4.78, 5) is 12.7. The van der Waals surface area contributed by atoms with Crippen LogP contribution in [0.5, 0.6) is 0 Å². The normalized spacial score (nSPS) is 9.44. The lowest BCUT2D eigenvalue weighted by Gasteiger charge is -1.79. The Bertz CT molecular complexity index is 205. The zero-order chi connectivity index (χ0) is 6.69. The Morgan fingerprint density at radius 2 is 2.56 bits per heavy atom. The minimum absolute atomic E-state index is 0.0235. The van der Waals surface area contributed by atoms with Crippen LogP contribution in [0, 0.1) is 0 Å². The van der Waals surface area contributed by atoms with Gasteiger partial charge in [0.25, 0.3) is 0 Å². The van der Waals surface area contributed by atoms with Gasteiger partial charge < -0.3 is 10.1 Å². The highest BCUT2D eigenvalue weighted by atomic mass is 16.3. The van der Waals surface area contributed by atoms with Gasteiger partial charge in [-0.05, 0) is 11.6 Å². The predicted octanol–water partition coefficient (Wildman–Crippen LogP) is 0.320. The van der Waals surface area contributed by atoms with E-state index >= 15 is 0 Å². The van der Waals surface area contributed by atoms with Crippen LogP contribution >= 0.6 is 0 Å². The first-order valence-corrected chi connectivity index (χ1v) is 2.60. The molecule has 0 saturated carbocycles. The molecule has 1 aromatic heterocycles. The van der Waals surface area contributed by atoms with E-state index in [9.17, 15) is 4.79 Å². The highest BCUT2D eigenvalue weighted by Crippen LogP contribution is 1.99. The molecule has 3 heteroatoms. The van der Waals surface area contributed by atoms with Crippen LogP contribution in [-0.4, -0.2) is 16.4 Å². The third-order valence-electron chi connectivity index (χ3n) is 1.07. The maximum absolute atomic E-state index is 10.0. The molecule has 0 radical (unpaired) electrons. The summed E-state index contributed by atoms with van der Waals surface area (Å²) in [6.07, 6.45) is 2.31. The number of H-pyrrole nitrogens is 1. The molecule has 2 N–H and O–H groups in total. The zero-order valence-electron chi connectivity index (χ0n) is 4.79. The van der Waals surface area contributed by atoms with Crippen LogP contribution in [0.15, 0.2) is 12.3 Å². The number of aldehydes is 1. The predicted molar refractivity (Wildman–Crippen MR) is 32.1 cm³/mol. The number of aliphatic hydroxyl groups is 1. The van der Waals surface area contributed by atoms with E-state index in [0.29, 0.717) is 12.0 Å². The number of aromatic amines is 1. The molecule has 0 fully saturated rings.